The molecule has 0 aliphatic carbocycles. The van der Waals surface area contributed by atoms with Crippen LogP contribution in [-0.4, -0.2) is 26.0 Å². The maximum absolute atomic E-state index is 11.9. The fourth-order valence-electron chi connectivity index (χ4n) is 3.62. The van der Waals surface area contributed by atoms with E-state index in [0.717, 1.165) is 24.3 Å². The molecule has 20 heavy (non-hydrogen) atoms. The summed E-state index contributed by atoms with van der Waals surface area (Å²) in [5.41, 5.74) is 9.06. The number of rotatable bonds is 1. The summed E-state index contributed by atoms with van der Waals surface area (Å²) in [5.74, 6) is 1.42. The third-order valence-electron chi connectivity index (χ3n) is 4.54. The topological polar surface area (TPSA) is 49.6 Å². The van der Waals surface area contributed by atoms with Gasteiger partial charge in [-0.2, -0.15) is 0 Å². The summed E-state index contributed by atoms with van der Waals surface area (Å²) in [6.45, 7) is 6.79. The second-order valence-electron chi connectivity index (χ2n) is 6.47. The zero-order valence-corrected chi connectivity index (χ0v) is 12.5. The summed E-state index contributed by atoms with van der Waals surface area (Å²) in [4.78, 5) is 16.1. The maximum Gasteiger partial charge on any atom is 0.248 e. The predicted molar refractivity (Wildman–Crippen MR) is 81.9 cm³/mol. The summed E-state index contributed by atoms with van der Waals surface area (Å²) >= 11 is 0. The van der Waals surface area contributed by atoms with Crippen LogP contribution in [-0.2, 0) is 4.79 Å². The largest absolute Gasteiger partial charge is 0.371 e. The van der Waals surface area contributed by atoms with E-state index >= 15 is 0 Å². The first-order chi connectivity index (χ1) is 9.47. The van der Waals surface area contributed by atoms with Gasteiger partial charge in [0.2, 0.25) is 5.91 Å². The van der Waals surface area contributed by atoms with Crippen molar-refractivity contribution in [1.82, 2.24) is 0 Å². The zero-order chi connectivity index (χ0) is 14.4. The van der Waals surface area contributed by atoms with Gasteiger partial charge in [0.25, 0.3) is 0 Å². The highest BCUT2D eigenvalue weighted by Gasteiger charge is 2.33. The number of nitrogens with two attached hydrogens (primary N) is 1. The first-order valence-electron chi connectivity index (χ1n) is 7.39. The molecule has 2 aliphatic heterocycles. The highest BCUT2D eigenvalue weighted by Crippen LogP contribution is 2.37. The van der Waals surface area contributed by atoms with E-state index in [-0.39, 0.29) is 5.91 Å². The van der Waals surface area contributed by atoms with Crippen molar-refractivity contribution in [1.29, 1.82) is 0 Å². The fraction of sp³-hybridized carbons (Fsp3) is 0.562. The van der Waals surface area contributed by atoms with Crippen LogP contribution in [0.3, 0.4) is 0 Å². The van der Waals surface area contributed by atoms with Crippen LogP contribution in [0.15, 0.2) is 18.2 Å². The van der Waals surface area contributed by atoms with Gasteiger partial charge in [0, 0.05) is 31.4 Å². The lowest BCUT2D eigenvalue weighted by molar-refractivity contribution is -0.118. The first kappa shape index (κ1) is 13.4. The molecule has 3 atom stereocenters. The Balaban J connectivity index is 1.92. The summed E-state index contributed by atoms with van der Waals surface area (Å²) in [6.07, 6.45) is 1.30. The van der Waals surface area contributed by atoms with Gasteiger partial charge in [-0.3, -0.25) is 4.79 Å². The average molecular weight is 273 g/mol. The van der Waals surface area contributed by atoms with Crippen LogP contribution in [0.5, 0.6) is 0 Å². The Morgan fingerprint density at radius 3 is 2.50 bits per heavy atom. The van der Waals surface area contributed by atoms with Crippen molar-refractivity contribution in [2.24, 2.45) is 17.6 Å². The van der Waals surface area contributed by atoms with Crippen molar-refractivity contribution in [3.05, 3.63) is 23.8 Å². The molecule has 0 spiro atoms. The number of likely N-dealkylation sites (N-methyl/N-ethyl adjacent to an activating group) is 1. The molecule has 2 N–H and O–H groups in total. The number of fused-ring (bicyclic) bond motifs is 1. The van der Waals surface area contributed by atoms with Crippen LogP contribution >= 0.6 is 0 Å². The molecular formula is C16H23N3O. The highest BCUT2D eigenvalue weighted by atomic mass is 16.2. The van der Waals surface area contributed by atoms with E-state index in [0.29, 0.717) is 11.8 Å². The molecular weight excluding hydrogens is 250 g/mol. The first-order valence-corrected chi connectivity index (χ1v) is 7.39. The number of benzene rings is 1. The van der Waals surface area contributed by atoms with Gasteiger partial charge in [0.15, 0.2) is 0 Å². The molecule has 1 fully saturated rings. The fourth-order valence-corrected chi connectivity index (χ4v) is 3.62. The van der Waals surface area contributed by atoms with Crippen LogP contribution in [0.2, 0.25) is 0 Å². The number of piperidine rings is 1. The second-order valence-corrected chi connectivity index (χ2v) is 6.47. The Kier molecular flexibility index (Phi) is 3.21. The molecule has 3 unspecified atom stereocenters. The molecule has 3 rings (SSSR count). The lowest BCUT2D eigenvalue weighted by atomic mass is 9.91. The Labute approximate surface area is 120 Å². The van der Waals surface area contributed by atoms with E-state index in [4.69, 9.17) is 5.73 Å². The van der Waals surface area contributed by atoms with Crippen molar-refractivity contribution in [2.75, 3.05) is 29.9 Å². The quantitative estimate of drug-likeness (QED) is 0.853. The molecule has 2 heterocycles. The number of carbonyl (C=O) groups excluding carboxylic acids is 1. The third-order valence-corrected chi connectivity index (χ3v) is 4.54. The maximum atomic E-state index is 11.9. The van der Waals surface area contributed by atoms with Crippen LogP contribution < -0.4 is 15.5 Å². The standard InChI is InChI=1S/C16H23N3O/c1-10-6-11(2)9-19(8-10)12-4-5-13-14(7-12)18(3)16(20)15(13)17/h4-5,7,10-11,15H,6,8-9,17H2,1-3H3. The number of hydrogen-bond donors (Lipinski definition) is 1. The van der Waals surface area contributed by atoms with Gasteiger partial charge in [-0.1, -0.05) is 19.9 Å². The van der Waals surface area contributed by atoms with Crippen LogP contribution in [0.4, 0.5) is 11.4 Å². The van der Waals surface area contributed by atoms with Gasteiger partial charge in [0.05, 0.1) is 5.69 Å². The van der Waals surface area contributed by atoms with Gasteiger partial charge in [-0.15, -0.1) is 0 Å². The van der Waals surface area contributed by atoms with Crippen LogP contribution in [0.1, 0.15) is 31.9 Å². The molecule has 4 heteroatoms. The molecule has 1 aromatic carbocycles. The van der Waals surface area contributed by atoms with Crippen molar-refractivity contribution < 1.29 is 4.79 Å². The molecule has 0 aromatic heterocycles. The van der Waals surface area contributed by atoms with Gasteiger partial charge >= 0.3 is 0 Å². The Morgan fingerprint density at radius 2 is 1.85 bits per heavy atom. The van der Waals surface area contributed by atoms with Gasteiger partial charge in [-0.05, 0) is 30.4 Å². The van der Waals surface area contributed by atoms with Crippen molar-refractivity contribution >= 4 is 17.3 Å². The number of anilines is 2. The lowest BCUT2D eigenvalue weighted by Gasteiger charge is -2.37. The average Bonchev–Trinajstić information content (AvgIpc) is 2.62. The number of amides is 1. The molecule has 0 bridgehead atoms. The van der Waals surface area contributed by atoms with E-state index in [2.05, 4.69) is 30.9 Å². The lowest BCUT2D eigenvalue weighted by Crippen LogP contribution is -2.38. The molecule has 108 valence electrons. The predicted octanol–water partition coefficient (Wildman–Crippen LogP) is 2.15. The molecule has 1 amide bonds. The SMILES string of the molecule is CC1CC(C)CN(c2ccc3c(c2)N(C)C(=O)C3N)C1. The second kappa shape index (κ2) is 4.77. The summed E-state index contributed by atoms with van der Waals surface area (Å²) in [6, 6.07) is 5.74. The number of hydrogen-bond acceptors (Lipinski definition) is 3. The van der Waals surface area contributed by atoms with Crippen molar-refractivity contribution in [3.8, 4) is 0 Å². The Bertz CT molecular complexity index is 533. The van der Waals surface area contributed by atoms with E-state index in [1.54, 1.807) is 11.9 Å². The number of carbonyl (C=O) groups is 1. The summed E-state index contributed by atoms with van der Waals surface area (Å²) in [7, 11) is 1.80. The van der Waals surface area contributed by atoms with Gasteiger partial charge < -0.3 is 15.5 Å². The molecule has 0 saturated carbocycles. The zero-order valence-electron chi connectivity index (χ0n) is 12.5. The molecule has 0 radical (unpaired) electrons. The Hall–Kier alpha value is -1.55. The summed E-state index contributed by atoms with van der Waals surface area (Å²) < 4.78 is 0. The molecule has 2 aliphatic rings. The highest BCUT2D eigenvalue weighted by molar-refractivity contribution is 6.04. The van der Waals surface area contributed by atoms with E-state index in [9.17, 15) is 4.79 Å². The minimum Gasteiger partial charge on any atom is -0.371 e. The van der Waals surface area contributed by atoms with Crippen molar-refractivity contribution in [2.45, 2.75) is 26.3 Å². The van der Waals surface area contributed by atoms with E-state index in [1.165, 1.54) is 12.1 Å². The van der Waals surface area contributed by atoms with Gasteiger partial charge in [-0.25, -0.2) is 0 Å². The van der Waals surface area contributed by atoms with Crippen LogP contribution in [0, 0.1) is 11.8 Å². The minimum absolute atomic E-state index is 0.0162. The monoisotopic (exact) mass is 273 g/mol. The Morgan fingerprint density at radius 1 is 1.20 bits per heavy atom. The van der Waals surface area contributed by atoms with E-state index < -0.39 is 6.04 Å². The molecule has 1 saturated heterocycles. The van der Waals surface area contributed by atoms with Gasteiger partial charge in [0.1, 0.15) is 6.04 Å². The summed E-state index contributed by atoms with van der Waals surface area (Å²) in [5, 5.41) is 0. The molecule has 4 nitrogen and oxygen atoms in total. The number of nitrogens with zero attached hydrogens (tertiary/aromatic N) is 2. The minimum atomic E-state index is -0.497. The smallest absolute Gasteiger partial charge is 0.248 e. The van der Waals surface area contributed by atoms with Crippen molar-refractivity contribution in [3.63, 3.8) is 0 Å². The third kappa shape index (κ3) is 2.08. The van der Waals surface area contributed by atoms with E-state index in [1.807, 2.05) is 6.07 Å². The normalized spacial score (nSPS) is 29.8. The van der Waals surface area contributed by atoms with Crippen LogP contribution in [0.25, 0.3) is 0 Å². The molecule has 1 aromatic rings.